The molecular formula is C16H20ClF3N2O4S. The minimum atomic E-state index is -4.88. The molecule has 0 radical (unpaired) electrons. The number of β-amino-alcohol motifs (C(OH)–C–C–N with tert-alkyl or cyclic N) is 1. The zero-order valence-electron chi connectivity index (χ0n) is 14.8. The van der Waals surface area contributed by atoms with Crippen molar-refractivity contribution >= 4 is 27.5 Å². The number of amides is 1. The van der Waals surface area contributed by atoms with Gasteiger partial charge in [0, 0.05) is 26.1 Å². The van der Waals surface area contributed by atoms with E-state index in [0.29, 0.717) is 0 Å². The molecule has 1 aromatic rings. The van der Waals surface area contributed by atoms with Crippen LogP contribution in [0.4, 0.5) is 13.2 Å². The van der Waals surface area contributed by atoms with Crippen LogP contribution in [-0.2, 0) is 10.0 Å². The SMILES string of the molecule is CCN(CC)S(=O)(=O)c1ccc(Cl)c(C(=O)N2CCC(O)(C(F)(F)F)C2)c1. The van der Waals surface area contributed by atoms with Gasteiger partial charge in [-0.1, -0.05) is 25.4 Å². The maximum Gasteiger partial charge on any atom is 0.419 e. The number of rotatable bonds is 5. The molecule has 0 saturated carbocycles. The van der Waals surface area contributed by atoms with Gasteiger partial charge >= 0.3 is 6.18 Å². The van der Waals surface area contributed by atoms with Gasteiger partial charge in [0.1, 0.15) is 0 Å². The number of carbonyl (C=O) groups excluding carboxylic acids is 1. The highest BCUT2D eigenvalue weighted by Gasteiger charge is 2.57. The maximum atomic E-state index is 13.0. The van der Waals surface area contributed by atoms with Gasteiger partial charge in [-0.2, -0.15) is 17.5 Å². The first-order valence-corrected chi connectivity index (χ1v) is 10.1. The summed E-state index contributed by atoms with van der Waals surface area (Å²) < 4.78 is 65.2. The molecule has 1 aromatic carbocycles. The quantitative estimate of drug-likeness (QED) is 0.781. The van der Waals surface area contributed by atoms with Gasteiger partial charge in [-0.25, -0.2) is 8.42 Å². The minimum absolute atomic E-state index is 0.0825. The molecule has 1 heterocycles. The van der Waals surface area contributed by atoms with Crippen molar-refractivity contribution in [2.75, 3.05) is 26.2 Å². The molecule has 0 bridgehead atoms. The second kappa shape index (κ2) is 7.57. The first-order chi connectivity index (χ1) is 12.4. The number of nitrogens with zero attached hydrogens (tertiary/aromatic N) is 2. The Labute approximate surface area is 160 Å². The lowest BCUT2D eigenvalue weighted by molar-refractivity contribution is -0.253. The molecule has 152 valence electrons. The first-order valence-electron chi connectivity index (χ1n) is 8.25. The van der Waals surface area contributed by atoms with Gasteiger partial charge in [-0.3, -0.25) is 4.79 Å². The van der Waals surface area contributed by atoms with Crippen LogP contribution in [0.15, 0.2) is 23.1 Å². The summed E-state index contributed by atoms with van der Waals surface area (Å²) in [6.07, 6.45) is -5.53. The maximum absolute atomic E-state index is 13.0. The van der Waals surface area contributed by atoms with E-state index in [-0.39, 0.29) is 35.1 Å². The summed E-state index contributed by atoms with van der Waals surface area (Å²) in [5.74, 6) is -0.864. The molecule has 1 aliphatic rings. The van der Waals surface area contributed by atoms with E-state index in [9.17, 15) is 31.5 Å². The Kier molecular flexibility index (Phi) is 6.15. The van der Waals surface area contributed by atoms with Crippen LogP contribution < -0.4 is 0 Å². The van der Waals surface area contributed by atoms with Crippen molar-refractivity contribution in [3.05, 3.63) is 28.8 Å². The van der Waals surface area contributed by atoms with Crippen molar-refractivity contribution in [3.8, 4) is 0 Å². The lowest BCUT2D eigenvalue weighted by Crippen LogP contribution is -2.48. The number of benzene rings is 1. The third kappa shape index (κ3) is 4.08. The summed E-state index contributed by atoms with van der Waals surface area (Å²) in [5, 5.41) is 9.65. The van der Waals surface area contributed by atoms with E-state index in [4.69, 9.17) is 11.6 Å². The van der Waals surface area contributed by atoms with Crippen LogP contribution >= 0.6 is 11.6 Å². The summed E-state index contributed by atoms with van der Waals surface area (Å²) >= 11 is 5.99. The Morgan fingerprint density at radius 3 is 2.41 bits per heavy atom. The standard InChI is InChI=1S/C16H20ClF3N2O4S/c1-3-22(4-2)27(25,26)11-5-6-13(17)12(9-11)14(23)21-8-7-15(24,10-21)16(18,19)20/h5-6,9,24H,3-4,7-8,10H2,1-2H3. The zero-order valence-corrected chi connectivity index (χ0v) is 16.3. The van der Waals surface area contributed by atoms with Crippen molar-refractivity contribution in [1.82, 2.24) is 9.21 Å². The molecule has 1 atom stereocenters. The number of hydrogen-bond acceptors (Lipinski definition) is 4. The lowest BCUT2D eigenvalue weighted by atomic mass is 10.0. The highest BCUT2D eigenvalue weighted by Crippen LogP contribution is 2.38. The van der Waals surface area contributed by atoms with Gasteiger partial charge in [0.25, 0.3) is 5.91 Å². The van der Waals surface area contributed by atoms with E-state index in [1.807, 2.05) is 0 Å². The van der Waals surface area contributed by atoms with Crippen LogP contribution in [0.25, 0.3) is 0 Å². The third-order valence-electron chi connectivity index (χ3n) is 4.57. The van der Waals surface area contributed by atoms with Crippen LogP contribution in [0.2, 0.25) is 5.02 Å². The molecule has 1 unspecified atom stereocenters. The molecule has 1 saturated heterocycles. The van der Waals surface area contributed by atoms with Crippen molar-refractivity contribution < 1.29 is 31.5 Å². The Morgan fingerprint density at radius 2 is 1.93 bits per heavy atom. The molecule has 1 aliphatic heterocycles. The summed E-state index contributed by atoms with van der Waals surface area (Å²) in [6.45, 7) is 2.50. The largest absolute Gasteiger partial charge is 0.419 e. The molecule has 6 nitrogen and oxygen atoms in total. The van der Waals surface area contributed by atoms with Crippen LogP contribution in [-0.4, -0.2) is 66.6 Å². The van der Waals surface area contributed by atoms with Crippen LogP contribution in [0.1, 0.15) is 30.6 Å². The van der Waals surface area contributed by atoms with E-state index in [0.717, 1.165) is 11.0 Å². The number of carbonyl (C=O) groups is 1. The number of halogens is 4. The second-order valence-corrected chi connectivity index (χ2v) is 8.58. The average molecular weight is 429 g/mol. The summed E-state index contributed by atoms with van der Waals surface area (Å²) in [5.41, 5.74) is -3.21. The van der Waals surface area contributed by atoms with Gasteiger partial charge in [0.2, 0.25) is 10.0 Å². The molecule has 0 spiro atoms. The predicted octanol–water partition coefficient (Wildman–Crippen LogP) is 2.51. The number of likely N-dealkylation sites (tertiary alicyclic amines) is 1. The molecule has 27 heavy (non-hydrogen) atoms. The summed E-state index contributed by atoms with van der Waals surface area (Å²) in [6, 6.07) is 3.52. The van der Waals surface area contributed by atoms with Gasteiger partial charge in [-0.05, 0) is 18.2 Å². The van der Waals surface area contributed by atoms with E-state index in [2.05, 4.69) is 0 Å². The molecule has 1 amide bonds. The van der Waals surface area contributed by atoms with Gasteiger partial charge in [-0.15, -0.1) is 0 Å². The lowest BCUT2D eigenvalue weighted by Gasteiger charge is -2.26. The Hall–Kier alpha value is -1.36. The van der Waals surface area contributed by atoms with Crippen LogP contribution in [0.5, 0.6) is 0 Å². The second-order valence-electron chi connectivity index (χ2n) is 6.24. The van der Waals surface area contributed by atoms with E-state index < -0.39 is 40.7 Å². The van der Waals surface area contributed by atoms with Crippen LogP contribution in [0, 0.1) is 0 Å². The minimum Gasteiger partial charge on any atom is -0.379 e. The Morgan fingerprint density at radius 1 is 1.33 bits per heavy atom. The van der Waals surface area contributed by atoms with Crippen molar-refractivity contribution in [1.29, 1.82) is 0 Å². The van der Waals surface area contributed by atoms with Crippen molar-refractivity contribution in [3.63, 3.8) is 0 Å². The van der Waals surface area contributed by atoms with E-state index >= 15 is 0 Å². The highest BCUT2D eigenvalue weighted by molar-refractivity contribution is 7.89. The van der Waals surface area contributed by atoms with E-state index in [1.54, 1.807) is 13.8 Å². The fraction of sp³-hybridized carbons (Fsp3) is 0.562. The normalized spacial score (nSPS) is 21.1. The fourth-order valence-corrected chi connectivity index (χ4v) is 4.59. The molecule has 0 aliphatic carbocycles. The van der Waals surface area contributed by atoms with Gasteiger partial charge < -0.3 is 10.0 Å². The number of sulfonamides is 1. The van der Waals surface area contributed by atoms with Crippen LogP contribution in [0.3, 0.4) is 0 Å². The van der Waals surface area contributed by atoms with E-state index in [1.165, 1.54) is 16.4 Å². The predicted molar refractivity (Wildman–Crippen MR) is 93.1 cm³/mol. The zero-order chi connectivity index (χ0) is 20.6. The molecule has 1 fully saturated rings. The monoisotopic (exact) mass is 428 g/mol. The molecular weight excluding hydrogens is 409 g/mol. The summed E-state index contributed by atoms with van der Waals surface area (Å²) in [4.78, 5) is 13.3. The Bertz CT molecular complexity index is 827. The fourth-order valence-electron chi connectivity index (χ4n) is 2.91. The Balaban J connectivity index is 2.36. The number of alkyl halides is 3. The number of aliphatic hydroxyl groups is 1. The number of hydrogen-bond donors (Lipinski definition) is 1. The smallest absolute Gasteiger partial charge is 0.379 e. The highest BCUT2D eigenvalue weighted by atomic mass is 35.5. The molecule has 1 N–H and O–H groups in total. The average Bonchev–Trinajstić information content (AvgIpc) is 2.99. The molecule has 11 heteroatoms. The van der Waals surface area contributed by atoms with Gasteiger partial charge in [0.05, 0.1) is 22.0 Å². The topological polar surface area (TPSA) is 77.9 Å². The first kappa shape index (κ1) is 21.9. The van der Waals surface area contributed by atoms with Crippen molar-refractivity contribution in [2.24, 2.45) is 0 Å². The third-order valence-corrected chi connectivity index (χ3v) is 6.95. The molecule has 0 aromatic heterocycles. The van der Waals surface area contributed by atoms with Crippen molar-refractivity contribution in [2.45, 2.75) is 36.9 Å². The van der Waals surface area contributed by atoms with Gasteiger partial charge in [0.15, 0.2) is 5.60 Å². The summed E-state index contributed by atoms with van der Waals surface area (Å²) in [7, 11) is -3.87. The molecule has 2 rings (SSSR count).